The molecular weight excluding hydrogens is 634 g/mol. The maximum Gasteiger partial charge on any atom is 0.269 e. The highest BCUT2D eigenvalue weighted by atomic mass is 35.5. The first kappa shape index (κ1) is 33.6. The van der Waals surface area contributed by atoms with Crippen molar-refractivity contribution in [2.75, 3.05) is 61.0 Å². The van der Waals surface area contributed by atoms with Gasteiger partial charge in [0.25, 0.3) is 10.0 Å². The number of benzene rings is 4. The van der Waals surface area contributed by atoms with E-state index in [1.165, 1.54) is 4.31 Å². The van der Waals surface area contributed by atoms with E-state index >= 15 is 0 Å². The topological polar surface area (TPSA) is 127 Å². The molecule has 1 unspecified atom stereocenters. The minimum Gasteiger partial charge on any atom is -0.388 e. The van der Waals surface area contributed by atoms with Crippen LogP contribution in [0.4, 0.5) is 22.7 Å². The fourth-order valence-corrected chi connectivity index (χ4v) is 8.26. The monoisotopic (exact) mass is 673 g/mol. The number of hydrogen-bond donors (Lipinski definition) is 5. The van der Waals surface area contributed by atoms with E-state index in [4.69, 9.17) is 0 Å². The van der Waals surface area contributed by atoms with Crippen LogP contribution in [0.2, 0.25) is 0 Å². The lowest BCUT2D eigenvalue weighted by Crippen LogP contribution is -2.41. The first-order valence-corrected chi connectivity index (χ1v) is 16.9. The molecule has 0 bridgehead atoms. The lowest BCUT2D eigenvalue weighted by atomic mass is 9.88. The van der Waals surface area contributed by atoms with Gasteiger partial charge in [-0.1, -0.05) is 66.7 Å². The zero-order valence-electron chi connectivity index (χ0n) is 26.6. The summed E-state index contributed by atoms with van der Waals surface area (Å²) in [4.78, 5) is 18.2. The SMILES string of the molecule is CNc1cc(NC)c(S(=O)(=O)N2c3ccccc3-c3ccccc3C2CC(=O)NCCc2ccc(C3=NCCN3)cc2)c(NC)c1.Cl. The molecule has 10 nitrogen and oxygen atoms in total. The molecule has 0 aliphatic carbocycles. The fourth-order valence-electron chi connectivity index (χ4n) is 6.25. The number of aliphatic imine (C=N–C) groups is 1. The van der Waals surface area contributed by atoms with Gasteiger partial charge in [0.15, 0.2) is 0 Å². The normalized spacial score (nSPS) is 14.9. The summed E-state index contributed by atoms with van der Waals surface area (Å²) in [5, 5.41) is 15.6. The van der Waals surface area contributed by atoms with Crippen LogP contribution < -0.4 is 30.9 Å². The molecule has 5 N–H and O–H groups in total. The Morgan fingerprint density at radius 1 is 0.894 bits per heavy atom. The van der Waals surface area contributed by atoms with Gasteiger partial charge < -0.3 is 26.6 Å². The van der Waals surface area contributed by atoms with Gasteiger partial charge in [-0.25, -0.2) is 8.42 Å². The van der Waals surface area contributed by atoms with Gasteiger partial charge in [0.2, 0.25) is 5.91 Å². The minimum atomic E-state index is -4.21. The van der Waals surface area contributed by atoms with E-state index in [0.29, 0.717) is 30.0 Å². The number of rotatable bonds is 11. The molecule has 2 aliphatic heterocycles. The second kappa shape index (κ2) is 14.4. The summed E-state index contributed by atoms with van der Waals surface area (Å²) in [7, 11) is 0.971. The summed E-state index contributed by atoms with van der Waals surface area (Å²) in [6.07, 6.45) is 0.597. The fraction of sp³-hybridized carbons (Fsp3) is 0.257. The summed E-state index contributed by atoms with van der Waals surface area (Å²) in [6.45, 7) is 2.07. The van der Waals surface area contributed by atoms with Crippen LogP contribution in [0.3, 0.4) is 0 Å². The van der Waals surface area contributed by atoms with Gasteiger partial charge in [-0.15, -0.1) is 12.4 Å². The van der Waals surface area contributed by atoms with E-state index in [1.807, 2.05) is 72.8 Å². The summed E-state index contributed by atoms with van der Waals surface area (Å²) in [6, 6.07) is 26.1. The molecule has 0 radical (unpaired) electrons. The summed E-state index contributed by atoms with van der Waals surface area (Å²) in [5.74, 6) is 0.684. The average Bonchev–Trinajstić information content (AvgIpc) is 3.63. The molecule has 0 spiro atoms. The number of para-hydroxylation sites is 1. The van der Waals surface area contributed by atoms with Crippen molar-refractivity contribution >= 4 is 56.9 Å². The van der Waals surface area contributed by atoms with Crippen LogP contribution in [-0.4, -0.2) is 60.9 Å². The van der Waals surface area contributed by atoms with Gasteiger partial charge in [0.05, 0.1) is 36.1 Å². The van der Waals surface area contributed by atoms with Gasteiger partial charge >= 0.3 is 0 Å². The Labute approximate surface area is 282 Å². The molecular formula is C35H40ClN7O3S. The summed E-state index contributed by atoms with van der Waals surface area (Å²) < 4.78 is 31.3. The molecule has 47 heavy (non-hydrogen) atoms. The van der Waals surface area contributed by atoms with E-state index in [1.54, 1.807) is 33.3 Å². The Kier molecular flexibility index (Phi) is 10.3. The zero-order valence-corrected chi connectivity index (χ0v) is 28.3. The first-order chi connectivity index (χ1) is 22.3. The minimum absolute atomic E-state index is 0. The van der Waals surface area contributed by atoms with E-state index in [9.17, 15) is 13.2 Å². The number of anilines is 4. The van der Waals surface area contributed by atoms with E-state index in [0.717, 1.165) is 52.4 Å². The van der Waals surface area contributed by atoms with Crippen LogP contribution in [0, 0.1) is 0 Å². The van der Waals surface area contributed by atoms with Crippen LogP contribution in [0.15, 0.2) is 94.8 Å². The Morgan fingerprint density at radius 3 is 2.19 bits per heavy atom. The predicted octanol–water partition coefficient (Wildman–Crippen LogP) is 5.25. The third-order valence-corrected chi connectivity index (χ3v) is 10.4. The van der Waals surface area contributed by atoms with E-state index in [2.05, 4.69) is 31.6 Å². The lowest BCUT2D eigenvalue weighted by Gasteiger charge is -2.39. The van der Waals surface area contributed by atoms with Gasteiger partial charge in [-0.2, -0.15) is 0 Å². The number of sulfonamides is 1. The first-order valence-electron chi connectivity index (χ1n) is 15.4. The smallest absolute Gasteiger partial charge is 0.269 e. The lowest BCUT2D eigenvalue weighted by molar-refractivity contribution is -0.121. The van der Waals surface area contributed by atoms with Crippen molar-refractivity contribution in [3.8, 4) is 11.1 Å². The molecule has 0 aromatic heterocycles. The molecule has 4 aromatic rings. The number of halogens is 1. The molecule has 0 saturated heterocycles. The number of carbonyl (C=O) groups excluding carboxylic acids is 1. The molecule has 2 heterocycles. The summed E-state index contributed by atoms with van der Waals surface area (Å²) >= 11 is 0. The third kappa shape index (κ3) is 6.59. The predicted molar refractivity (Wildman–Crippen MR) is 194 cm³/mol. The van der Waals surface area contributed by atoms with Crippen LogP contribution >= 0.6 is 12.4 Å². The van der Waals surface area contributed by atoms with Crippen molar-refractivity contribution in [1.29, 1.82) is 0 Å². The number of amides is 1. The molecule has 12 heteroatoms. The molecule has 1 atom stereocenters. The second-order valence-corrected chi connectivity index (χ2v) is 13.0. The number of amidine groups is 1. The molecule has 2 aliphatic rings. The second-order valence-electron chi connectivity index (χ2n) is 11.2. The standard InChI is InChI=1S/C35H39N7O3S.ClH/c1-36-25-20-29(37-2)34(30(21-25)38-3)46(44,45)42-31-11-7-6-9-27(31)26-8-4-5-10-28(26)32(42)22-33(43)39-17-16-23-12-14-24(15-13-23)35-40-18-19-41-35;/h4-15,20-21,32,36-38H,16-19,22H2,1-3H3,(H,39,43)(H,40,41);1H. The third-order valence-electron chi connectivity index (χ3n) is 8.48. The van der Waals surface area contributed by atoms with Gasteiger partial charge in [-0.3, -0.25) is 14.1 Å². The highest BCUT2D eigenvalue weighted by Gasteiger charge is 2.41. The van der Waals surface area contributed by atoms with Crippen molar-refractivity contribution in [3.05, 3.63) is 102 Å². The van der Waals surface area contributed by atoms with Crippen LogP contribution in [0.1, 0.15) is 29.2 Å². The van der Waals surface area contributed by atoms with Crippen LogP contribution in [0.5, 0.6) is 0 Å². The average molecular weight is 674 g/mol. The van der Waals surface area contributed by atoms with Crippen molar-refractivity contribution in [1.82, 2.24) is 10.6 Å². The Morgan fingerprint density at radius 2 is 1.55 bits per heavy atom. The number of nitrogens with one attached hydrogen (secondary N) is 5. The highest BCUT2D eigenvalue weighted by molar-refractivity contribution is 7.93. The molecule has 4 aromatic carbocycles. The molecule has 0 fully saturated rings. The van der Waals surface area contributed by atoms with Crippen molar-refractivity contribution < 1.29 is 13.2 Å². The van der Waals surface area contributed by atoms with E-state index < -0.39 is 16.1 Å². The van der Waals surface area contributed by atoms with Crippen LogP contribution in [0.25, 0.3) is 11.1 Å². The van der Waals surface area contributed by atoms with E-state index in [-0.39, 0.29) is 29.6 Å². The number of nitrogens with zero attached hydrogens (tertiary/aromatic N) is 2. The number of fused-ring (bicyclic) bond motifs is 3. The maximum atomic E-state index is 14.9. The molecule has 0 saturated carbocycles. The Balaban J connectivity index is 0.00000433. The van der Waals surface area contributed by atoms with Gasteiger partial charge in [0.1, 0.15) is 10.7 Å². The maximum absolute atomic E-state index is 14.9. The number of hydrogen-bond acceptors (Lipinski definition) is 8. The number of carbonyl (C=O) groups is 1. The van der Waals surface area contributed by atoms with Crippen molar-refractivity contribution in [2.45, 2.75) is 23.8 Å². The Bertz CT molecular complexity index is 1870. The zero-order chi connectivity index (χ0) is 32.3. The quantitative estimate of drug-likeness (QED) is 0.147. The van der Waals surface area contributed by atoms with Crippen molar-refractivity contribution in [3.63, 3.8) is 0 Å². The van der Waals surface area contributed by atoms with Gasteiger partial charge in [0, 0.05) is 51.0 Å². The van der Waals surface area contributed by atoms with Crippen molar-refractivity contribution in [2.24, 2.45) is 4.99 Å². The Hall–Kier alpha value is -4.74. The van der Waals surface area contributed by atoms with Crippen LogP contribution in [-0.2, 0) is 21.2 Å². The van der Waals surface area contributed by atoms with Gasteiger partial charge in [-0.05, 0) is 41.3 Å². The molecule has 246 valence electrons. The highest BCUT2D eigenvalue weighted by Crippen LogP contribution is 2.50. The molecule has 1 amide bonds. The largest absolute Gasteiger partial charge is 0.388 e. The summed E-state index contributed by atoms with van der Waals surface area (Å²) in [5.41, 5.74) is 6.80. The molecule has 6 rings (SSSR count).